The summed E-state index contributed by atoms with van der Waals surface area (Å²) in [7, 11) is 0. The summed E-state index contributed by atoms with van der Waals surface area (Å²) >= 11 is 0. The lowest BCUT2D eigenvalue weighted by molar-refractivity contribution is 0.134. The van der Waals surface area contributed by atoms with Gasteiger partial charge in [-0.25, -0.2) is 19.6 Å². The molecular weight excluding hydrogens is 578 g/mol. The Kier molecular flexibility index (Phi) is 5.91. The van der Waals surface area contributed by atoms with Crippen LogP contribution < -0.4 is 16.0 Å². The van der Waals surface area contributed by atoms with E-state index in [0.717, 1.165) is 40.7 Å². The maximum atomic E-state index is 14.6. The number of fused-ring (bicyclic) bond motifs is 3. The quantitative estimate of drug-likeness (QED) is 0.243. The minimum Gasteiger partial charge on any atom is -0.504 e. The van der Waals surface area contributed by atoms with Gasteiger partial charge in [0.2, 0.25) is 0 Å². The van der Waals surface area contributed by atoms with Crippen LogP contribution in [0, 0.1) is 13.8 Å². The van der Waals surface area contributed by atoms with Crippen LogP contribution in [0.3, 0.4) is 0 Å². The van der Waals surface area contributed by atoms with E-state index in [0.29, 0.717) is 45.6 Å². The first-order valence-electron chi connectivity index (χ1n) is 15.6. The number of ether oxygens (including phenoxy) is 1. The summed E-state index contributed by atoms with van der Waals surface area (Å²) in [5.41, 5.74) is 12.0. The number of phenols is 1. The average molecular weight is 614 g/mol. The van der Waals surface area contributed by atoms with Crippen molar-refractivity contribution < 1.29 is 9.84 Å². The van der Waals surface area contributed by atoms with Crippen molar-refractivity contribution in [3.05, 3.63) is 99.4 Å². The van der Waals surface area contributed by atoms with Gasteiger partial charge in [0.15, 0.2) is 17.1 Å². The Balaban J connectivity index is 1.39. The second kappa shape index (κ2) is 9.62. The monoisotopic (exact) mass is 613 g/mol. The number of benzene rings is 3. The highest BCUT2D eigenvalue weighted by molar-refractivity contribution is 5.99. The van der Waals surface area contributed by atoms with Crippen molar-refractivity contribution in [2.24, 2.45) is 0 Å². The highest BCUT2D eigenvalue weighted by Crippen LogP contribution is 2.51. The summed E-state index contributed by atoms with van der Waals surface area (Å²) in [6, 6.07) is 17.1. The standard InChI is InChI=1S/C36H35N7O3/c1-19-8-6-10-22(16-19)36(14-15-36)42-32(40-25-11-7-9-20(2)27(25)34(42)45)21(3)43-33-28(31(37)38-18-39-33)29(41-43)23-12-13-26(44)30-24(23)17-35(4,5)46-30/h6-13,16,18,21,44H,14-15,17H2,1-5H3,(H2,37,38,39)/t21-/m0/s1. The Morgan fingerprint density at radius 3 is 2.57 bits per heavy atom. The van der Waals surface area contributed by atoms with E-state index in [4.69, 9.17) is 20.6 Å². The van der Waals surface area contributed by atoms with Crippen LogP contribution in [0.5, 0.6) is 11.5 Å². The number of nitrogens with two attached hydrogens (primary N) is 1. The molecule has 1 aliphatic carbocycles. The zero-order valence-electron chi connectivity index (χ0n) is 26.5. The van der Waals surface area contributed by atoms with Crippen molar-refractivity contribution in [2.45, 2.75) is 71.1 Å². The van der Waals surface area contributed by atoms with E-state index >= 15 is 0 Å². The lowest BCUT2D eigenvalue weighted by atomic mass is 9.95. The lowest BCUT2D eigenvalue weighted by Crippen LogP contribution is -2.37. The van der Waals surface area contributed by atoms with Crippen molar-refractivity contribution in [2.75, 3.05) is 5.73 Å². The largest absolute Gasteiger partial charge is 0.504 e. The van der Waals surface area contributed by atoms with Gasteiger partial charge in [-0.3, -0.25) is 9.36 Å². The number of phenolic OH excluding ortho intramolecular Hbond substituents is 1. The molecule has 46 heavy (non-hydrogen) atoms. The van der Waals surface area contributed by atoms with E-state index in [-0.39, 0.29) is 17.1 Å². The molecule has 10 nitrogen and oxygen atoms in total. The third-order valence-electron chi connectivity index (χ3n) is 9.57. The van der Waals surface area contributed by atoms with Crippen LogP contribution in [0.15, 0.2) is 65.7 Å². The van der Waals surface area contributed by atoms with E-state index < -0.39 is 17.2 Å². The summed E-state index contributed by atoms with van der Waals surface area (Å²) in [5.74, 6) is 1.41. The van der Waals surface area contributed by atoms with Crippen molar-refractivity contribution >= 4 is 27.8 Å². The fourth-order valence-corrected chi connectivity index (χ4v) is 7.23. The number of hydrogen-bond donors (Lipinski definition) is 2. The molecule has 3 N–H and O–H groups in total. The van der Waals surface area contributed by atoms with Crippen LogP contribution in [0.1, 0.15) is 67.7 Å². The van der Waals surface area contributed by atoms with Gasteiger partial charge in [0.25, 0.3) is 5.56 Å². The van der Waals surface area contributed by atoms with Crippen LogP contribution in [0.2, 0.25) is 0 Å². The number of nitrogens with zero attached hydrogens (tertiary/aromatic N) is 6. The molecule has 0 saturated heterocycles. The fraction of sp³-hybridized carbons (Fsp3) is 0.306. The van der Waals surface area contributed by atoms with Crippen LogP contribution in [-0.2, 0) is 12.0 Å². The van der Waals surface area contributed by atoms with Gasteiger partial charge in [-0.05, 0) is 76.8 Å². The Labute approximate surface area is 265 Å². The molecule has 6 aromatic rings. The predicted molar refractivity (Wildman–Crippen MR) is 177 cm³/mol. The van der Waals surface area contributed by atoms with Crippen LogP contribution in [0.25, 0.3) is 33.2 Å². The number of aromatic hydroxyl groups is 1. The highest BCUT2D eigenvalue weighted by atomic mass is 16.5. The Morgan fingerprint density at radius 2 is 1.80 bits per heavy atom. The Hall–Kier alpha value is -5.25. The SMILES string of the molecule is Cc1cccc(C2(n3c([C@H](C)n4nc(-c5ccc(O)c6c5CC(C)(C)O6)c5c(N)ncnc54)nc4cccc(C)c4c3=O)CC2)c1. The fourth-order valence-electron chi connectivity index (χ4n) is 7.23. The maximum Gasteiger partial charge on any atom is 0.262 e. The van der Waals surface area contributed by atoms with Gasteiger partial charge in [-0.15, -0.1) is 0 Å². The molecule has 0 bridgehead atoms. The first kappa shape index (κ1) is 28.2. The smallest absolute Gasteiger partial charge is 0.262 e. The van der Waals surface area contributed by atoms with Crippen molar-refractivity contribution in [1.29, 1.82) is 0 Å². The minimum atomic E-state index is -0.517. The van der Waals surface area contributed by atoms with Gasteiger partial charge in [0.1, 0.15) is 35.3 Å². The molecule has 8 rings (SSSR count). The minimum absolute atomic E-state index is 0.0643. The van der Waals surface area contributed by atoms with E-state index in [2.05, 4.69) is 35.1 Å². The summed E-state index contributed by atoms with van der Waals surface area (Å²) in [4.78, 5) is 28.8. The topological polar surface area (TPSA) is 134 Å². The maximum absolute atomic E-state index is 14.6. The molecule has 10 heteroatoms. The molecule has 0 amide bonds. The number of aryl methyl sites for hydroxylation is 2. The summed E-state index contributed by atoms with van der Waals surface area (Å²) in [5, 5.41) is 17.0. The Bertz CT molecular complexity index is 2300. The second-order valence-electron chi connectivity index (χ2n) is 13.4. The first-order valence-corrected chi connectivity index (χ1v) is 15.6. The Morgan fingerprint density at radius 1 is 1.02 bits per heavy atom. The van der Waals surface area contributed by atoms with Gasteiger partial charge >= 0.3 is 0 Å². The normalized spacial score (nSPS) is 16.8. The zero-order valence-corrected chi connectivity index (χ0v) is 26.5. The lowest BCUT2D eigenvalue weighted by Gasteiger charge is -2.27. The van der Waals surface area contributed by atoms with Crippen LogP contribution >= 0.6 is 0 Å². The van der Waals surface area contributed by atoms with Gasteiger partial charge in [0.05, 0.1) is 21.8 Å². The van der Waals surface area contributed by atoms with Crippen LogP contribution in [0.4, 0.5) is 5.82 Å². The summed E-state index contributed by atoms with van der Waals surface area (Å²) in [6.07, 6.45) is 3.66. The van der Waals surface area contributed by atoms with Crippen LogP contribution in [-0.4, -0.2) is 40.0 Å². The van der Waals surface area contributed by atoms with Crippen molar-refractivity contribution in [3.63, 3.8) is 0 Å². The number of anilines is 1. The molecule has 3 aromatic carbocycles. The van der Waals surface area contributed by atoms with Gasteiger partial charge in [0, 0.05) is 17.5 Å². The number of nitrogen functional groups attached to an aromatic ring is 1. The number of hydrogen-bond acceptors (Lipinski definition) is 8. The van der Waals surface area contributed by atoms with Gasteiger partial charge in [-0.2, -0.15) is 5.10 Å². The molecule has 2 aliphatic rings. The zero-order chi connectivity index (χ0) is 32.1. The van der Waals surface area contributed by atoms with E-state index in [1.807, 2.05) is 62.6 Å². The highest BCUT2D eigenvalue weighted by Gasteiger charge is 2.49. The van der Waals surface area contributed by atoms with E-state index in [1.54, 1.807) is 10.7 Å². The van der Waals surface area contributed by atoms with E-state index in [9.17, 15) is 9.90 Å². The molecular formula is C36H35N7O3. The summed E-state index contributed by atoms with van der Waals surface area (Å²) in [6.45, 7) is 10.00. The summed E-state index contributed by atoms with van der Waals surface area (Å²) < 4.78 is 9.84. The molecule has 1 saturated carbocycles. The molecule has 1 fully saturated rings. The molecule has 0 spiro atoms. The molecule has 1 aliphatic heterocycles. The number of rotatable bonds is 5. The predicted octanol–water partition coefficient (Wildman–Crippen LogP) is 5.97. The van der Waals surface area contributed by atoms with E-state index in [1.165, 1.54) is 6.33 Å². The first-order chi connectivity index (χ1) is 22.0. The molecule has 1 atom stereocenters. The average Bonchev–Trinajstić information content (AvgIpc) is 3.61. The molecule has 0 unspecified atom stereocenters. The third kappa shape index (κ3) is 4.05. The van der Waals surface area contributed by atoms with Crippen molar-refractivity contribution in [1.82, 2.24) is 29.3 Å². The van der Waals surface area contributed by atoms with Crippen molar-refractivity contribution in [3.8, 4) is 22.8 Å². The molecule has 4 heterocycles. The van der Waals surface area contributed by atoms with Gasteiger partial charge in [-0.1, -0.05) is 42.0 Å². The molecule has 232 valence electrons. The number of aromatic nitrogens is 6. The van der Waals surface area contributed by atoms with Gasteiger partial charge < -0.3 is 15.6 Å². The third-order valence-corrected chi connectivity index (χ3v) is 9.57. The molecule has 3 aromatic heterocycles. The second-order valence-corrected chi connectivity index (χ2v) is 13.4. The molecule has 0 radical (unpaired) electrons.